The van der Waals surface area contributed by atoms with Gasteiger partial charge in [0.2, 0.25) is 10.0 Å². The number of hydrogen-bond acceptors (Lipinski definition) is 5. The molecular weight excluding hydrogens is 380 g/mol. The Morgan fingerprint density at radius 3 is 2.43 bits per heavy atom. The van der Waals surface area contributed by atoms with Gasteiger partial charge in [-0.1, -0.05) is 12.1 Å². The van der Waals surface area contributed by atoms with Gasteiger partial charge >= 0.3 is 0 Å². The van der Waals surface area contributed by atoms with E-state index in [1.165, 1.54) is 11.4 Å². The van der Waals surface area contributed by atoms with Crippen LogP contribution in [0.5, 0.6) is 11.5 Å². The zero-order valence-corrected chi connectivity index (χ0v) is 17.3. The molecule has 0 saturated carbocycles. The first-order chi connectivity index (χ1) is 13.2. The Labute approximate surface area is 166 Å². The summed E-state index contributed by atoms with van der Waals surface area (Å²) in [6.07, 6.45) is 0.432. The van der Waals surface area contributed by atoms with Crippen LogP contribution in [-0.4, -0.2) is 40.3 Å². The second-order valence-electron chi connectivity index (χ2n) is 6.28. The topological polar surface area (TPSA) is 84.9 Å². The molecule has 1 amide bonds. The largest absolute Gasteiger partial charge is 0.494 e. The molecule has 1 N–H and O–H groups in total. The Morgan fingerprint density at radius 2 is 1.82 bits per heavy atom. The molecule has 1 atom stereocenters. The summed E-state index contributed by atoms with van der Waals surface area (Å²) in [5.41, 5.74) is 1.45. The third kappa shape index (κ3) is 6.16. The number of carbonyl (C=O) groups is 1. The second-order valence-corrected chi connectivity index (χ2v) is 8.30. The van der Waals surface area contributed by atoms with Gasteiger partial charge in [-0.15, -0.1) is 0 Å². The maximum absolute atomic E-state index is 12.3. The van der Waals surface area contributed by atoms with E-state index in [2.05, 4.69) is 5.32 Å². The van der Waals surface area contributed by atoms with Crippen LogP contribution in [0.3, 0.4) is 0 Å². The standard InChI is InChI=1S/C20H26N2O5S/c1-5-26-19-8-6-7-16(13-19)14-21-20(23)15(2)27-18-11-9-17(10-12-18)22(3)28(4,24)25/h6-13,15H,5,14H2,1-4H3,(H,21,23)/t15-/m0/s1. The molecule has 152 valence electrons. The van der Waals surface area contributed by atoms with Crippen molar-refractivity contribution in [3.63, 3.8) is 0 Å². The van der Waals surface area contributed by atoms with Gasteiger partial charge in [0.25, 0.3) is 5.91 Å². The molecule has 8 heteroatoms. The molecule has 0 aromatic heterocycles. The Bertz CT molecular complexity index is 897. The maximum atomic E-state index is 12.3. The molecule has 0 aliphatic rings. The SMILES string of the molecule is CCOc1cccc(CNC(=O)[C@H](C)Oc2ccc(N(C)S(C)(=O)=O)cc2)c1. The average molecular weight is 407 g/mol. The van der Waals surface area contributed by atoms with Crippen molar-refractivity contribution in [2.45, 2.75) is 26.5 Å². The van der Waals surface area contributed by atoms with Crippen LogP contribution in [0.15, 0.2) is 48.5 Å². The van der Waals surface area contributed by atoms with E-state index in [1.54, 1.807) is 31.2 Å². The van der Waals surface area contributed by atoms with E-state index in [0.717, 1.165) is 17.6 Å². The number of amides is 1. The highest BCUT2D eigenvalue weighted by Crippen LogP contribution is 2.21. The summed E-state index contributed by atoms with van der Waals surface area (Å²) in [5, 5.41) is 2.83. The highest BCUT2D eigenvalue weighted by atomic mass is 32.2. The molecule has 28 heavy (non-hydrogen) atoms. The smallest absolute Gasteiger partial charge is 0.261 e. The predicted molar refractivity (Wildman–Crippen MR) is 109 cm³/mol. The summed E-state index contributed by atoms with van der Waals surface area (Å²) in [7, 11) is -1.85. The molecule has 0 heterocycles. The summed E-state index contributed by atoms with van der Waals surface area (Å²) >= 11 is 0. The molecule has 0 unspecified atom stereocenters. The summed E-state index contributed by atoms with van der Waals surface area (Å²) in [6, 6.07) is 14.0. The Morgan fingerprint density at radius 1 is 1.14 bits per heavy atom. The van der Waals surface area contributed by atoms with Crippen molar-refractivity contribution in [1.82, 2.24) is 5.32 Å². The first-order valence-electron chi connectivity index (χ1n) is 8.90. The van der Waals surface area contributed by atoms with Crippen molar-refractivity contribution in [2.75, 3.05) is 24.2 Å². The fraction of sp³-hybridized carbons (Fsp3) is 0.350. The van der Waals surface area contributed by atoms with E-state index in [-0.39, 0.29) is 5.91 Å². The molecule has 0 fully saturated rings. The lowest BCUT2D eigenvalue weighted by atomic mass is 10.2. The molecule has 0 radical (unpaired) electrons. The van der Waals surface area contributed by atoms with Crippen LogP contribution < -0.4 is 19.1 Å². The van der Waals surface area contributed by atoms with Gasteiger partial charge in [0.05, 0.1) is 18.6 Å². The van der Waals surface area contributed by atoms with Crippen LogP contribution in [-0.2, 0) is 21.4 Å². The van der Waals surface area contributed by atoms with Gasteiger partial charge in [0, 0.05) is 13.6 Å². The minimum Gasteiger partial charge on any atom is -0.494 e. The van der Waals surface area contributed by atoms with Gasteiger partial charge < -0.3 is 14.8 Å². The van der Waals surface area contributed by atoms with Crippen molar-refractivity contribution >= 4 is 21.6 Å². The molecule has 7 nitrogen and oxygen atoms in total. The fourth-order valence-corrected chi connectivity index (χ4v) is 2.93. The number of anilines is 1. The van der Waals surface area contributed by atoms with Gasteiger partial charge in [-0.2, -0.15) is 0 Å². The number of hydrogen-bond donors (Lipinski definition) is 1. The third-order valence-corrected chi connectivity index (χ3v) is 5.26. The van der Waals surface area contributed by atoms with Crippen molar-refractivity contribution in [2.24, 2.45) is 0 Å². The monoisotopic (exact) mass is 406 g/mol. The predicted octanol–water partition coefficient (Wildman–Crippen LogP) is 2.56. The quantitative estimate of drug-likeness (QED) is 0.692. The van der Waals surface area contributed by atoms with Crippen LogP contribution in [0.2, 0.25) is 0 Å². The second kappa shape index (κ2) is 9.45. The maximum Gasteiger partial charge on any atom is 0.261 e. The van der Waals surface area contributed by atoms with E-state index < -0.39 is 16.1 Å². The normalized spacial score (nSPS) is 12.1. The molecule has 2 aromatic rings. The minimum atomic E-state index is -3.33. The Kier molecular flexibility index (Phi) is 7.28. The number of rotatable bonds is 9. The highest BCUT2D eigenvalue weighted by Gasteiger charge is 2.16. The van der Waals surface area contributed by atoms with Gasteiger partial charge in [-0.05, 0) is 55.8 Å². The number of nitrogens with one attached hydrogen (secondary N) is 1. The van der Waals surface area contributed by atoms with Crippen LogP contribution >= 0.6 is 0 Å². The number of nitrogens with zero attached hydrogens (tertiary/aromatic N) is 1. The number of ether oxygens (including phenoxy) is 2. The highest BCUT2D eigenvalue weighted by molar-refractivity contribution is 7.92. The lowest BCUT2D eigenvalue weighted by Gasteiger charge is -2.18. The van der Waals surface area contributed by atoms with E-state index in [9.17, 15) is 13.2 Å². The average Bonchev–Trinajstić information content (AvgIpc) is 2.66. The molecule has 2 aromatic carbocycles. The van der Waals surface area contributed by atoms with Gasteiger partial charge in [0.1, 0.15) is 11.5 Å². The van der Waals surface area contributed by atoms with Gasteiger partial charge in [-0.3, -0.25) is 9.10 Å². The van der Waals surface area contributed by atoms with Crippen LogP contribution in [0, 0.1) is 0 Å². The van der Waals surface area contributed by atoms with Crippen LogP contribution in [0.25, 0.3) is 0 Å². The Hall–Kier alpha value is -2.74. The van der Waals surface area contributed by atoms with Crippen molar-refractivity contribution in [3.8, 4) is 11.5 Å². The summed E-state index contributed by atoms with van der Waals surface area (Å²) < 4.78 is 35.4. The first-order valence-corrected chi connectivity index (χ1v) is 10.8. The molecule has 0 aliphatic carbocycles. The zero-order chi connectivity index (χ0) is 20.7. The number of carbonyl (C=O) groups excluding carboxylic acids is 1. The van der Waals surface area contributed by atoms with Gasteiger partial charge in [0.15, 0.2) is 6.10 Å². The first kappa shape index (κ1) is 21.6. The Balaban J connectivity index is 1.91. The van der Waals surface area contributed by atoms with E-state index in [0.29, 0.717) is 24.6 Å². The van der Waals surface area contributed by atoms with E-state index in [4.69, 9.17) is 9.47 Å². The minimum absolute atomic E-state index is 0.251. The van der Waals surface area contributed by atoms with E-state index >= 15 is 0 Å². The molecule has 0 aliphatic heterocycles. The van der Waals surface area contributed by atoms with E-state index in [1.807, 2.05) is 31.2 Å². The molecule has 2 rings (SSSR count). The van der Waals surface area contributed by atoms with Crippen molar-refractivity contribution in [3.05, 3.63) is 54.1 Å². The molecule has 0 spiro atoms. The van der Waals surface area contributed by atoms with Crippen LogP contribution in [0.4, 0.5) is 5.69 Å². The molecule has 0 bridgehead atoms. The number of benzene rings is 2. The molecular formula is C20H26N2O5S. The lowest BCUT2D eigenvalue weighted by molar-refractivity contribution is -0.127. The zero-order valence-electron chi connectivity index (χ0n) is 16.5. The van der Waals surface area contributed by atoms with Crippen LogP contribution in [0.1, 0.15) is 19.4 Å². The number of sulfonamides is 1. The van der Waals surface area contributed by atoms with Gasteiger partial charge in [-0.25, -0.2) is 8.42 Å². The summed E-state index contributed by atoms with van der Waals surface area (Å²) in [4.78, 5) is 12.3. The summed E-state index contributed by atoms with van der Waals surface area (Å²) in [6.45, 7) is 4.52. The molecule has 0 saturated heterocycles. The lowest BCUT2D eigenvalue weighted by Crippen LogP contribution is -2.35. The van der Waals surface area contributed by atoms with Crippen molar-refractivity contribution in [1.29, 1.82) is 0 Å². The summed E-state index contributed by atoms with van der Waals surface area (Å²) in [5.74, 6) is 0.989. The third-order valence-electron chi connectivity index (χ3n) is 4.06. The van der Waals surface area contributed by atoms with Crippen molar-refractivity contribution < 1.29 is 22.7 Å². The fourth-order valence-electron chi connectivity index (χ4n) is 2.43.